The van der Waals surface area contributed by atoms with Gasteiger partial charge in [-0.25, -0.2) is 4.98 Å². The second-order valence-corrected chi connectivity index (χ2v) is 8.33. The molecule has 0 aliphatic carbocycles. The second kappa shape index (κ2) is 7.13. The summed E-state index contributed by atoms with van der Waals surface area (Å²) in [6.07, 6.45) is 3.92. The van der Waals surface area contributed by atoms with E-state index in [1.54, 1.807) is 11.3 Å². The predicted octanol–water partition coefficient (Wildman–Crippen LogP) is 2.63. The van der Waals surface area contributed by atoms with E-state index < -0.39 is 0 Å². The number of aromatic nitrogens is 2. The third kappa shape index (κ3) is 3.31. The largest absolute Gasteiger partial charge is 0.375 e. The third-order valence-electron chi connectivity index (χ3n) is 5.49. The minimum Gasteiger partial charge on any atom is -0.375 e. The minimum atomic E-state index is -0.165. The van der Waals surface area contributed by atoms with Crippen molar-refractivity contribution in [3.05, 3.63) is 40.1 Å². The average molecular weight is 375 g/mol. The number of aryl methyl sites for hydroxylation is 2. The van der Waals surface area contributed by atoms with E-state index in [0.29, 0.717) is 32.2 Å². The molecule has 0 unspecified atom stereocenters. The Morgan fingerprint density at radius 1 is 1.50 bits per heavy atom. The molecule has 26 heavy (non-hydrogen) atoms. The Morgan fingerprint density at radius 2 is 2.35 bits per heavy atom. The highest BCUT2D eigenvalue weighted by Crippen LogP contribution is 2.42. The molecule has 1 amide bonds. The number of amides is 1. The van der Waals surface area contributed by atoms with Crippen LogP contribution in [0.2, 0.25) is 0 Å². The molecule has 7 heteroatoms. The Labute approximate surface area is 157 Å². The van der Waals surface area contributed by atoms with Crippen LogP contribution < -0.4 is 0 Å². The number of ether oxygens (including phenoxy) is 2. The van der Waals surface area contributed by atoms with Crippen molar-refractivity contribution in [2.24, 2.45) is 13.0 Å². The van der Waals surface area contributed by atoms with Crippen LogP contribution in [-0.4, -0.2) is 52.3 Å². The van der Waals surface area contributed by atoms with Gasteiger partial charge in [-0.2, -0.15) is 0 Å². The lowest BCUT2D eigenvalue weighted by molar-refractivity contribution is -0.121. The van der Waals surface area contributed by atoms with E-state index in [9.17, 15) is 4.79 Å². The van der Waals surface area contributed by atoms with Crippen molar-refractivity contribution >= 4 is 17.2 Å². The molecule has 1 atom stereocenters. The highest BCUT2D eigenvalue weighted by Gasteiger charge is 2.54. The van der Waals surface area contributed by atoms with Crippen molar-refractivity contribution in [2.45, 2.75) is 32.0 Å². The van der Waals surface area contributed by atoms with Crippen LogP contribution in [0.15, 0.2) is 23.7 Å². The monoisotopic (exact) mass is 375 g/mol. The average Bonchev–Trinajstić information content (AvgIpc) is 3.29. The molecule has 2 aliphatic heterocycles. The number of hydrogen-bond acceptors (Lipinski definition) is 5. The molecular weight excluding hydrogens is 350 g/mol. The minimum absolute atomic E-state index is 0.0903. The summed E-state index contributed by atoms with van der Waals surface area (Å²) in [6.45, 7) is 5.44. The molecule has 2 fully saturated rings. The van der Waals surface area contributed by atoms with Gasteiger partial charge in [-0.1, -0.05) is 0 Å². The lowest BCUT2D eigenvalue weighted by Gasteiger charge is -2.50. The molecule has 0 aromatic carbocycles. The van der Waals surface area contributed by atoms with Gasteiger partial charge < -0.3 is 18.9 Å². The lowest BCUT2D eigenvalue weighted by Crippen LogP contribution is -2.66. The fourth-order valence-electron chi connectivity index (χ4n) is 4.01. The number of likely N-dealkylation sites (tertiary alicyclic amines) is 1. The van der Waals surface area contributed by atoms with Gasteiger partial charge >= 0.3 is 0 Å². The standard InChI is InChI=1S/C19H25N3O3S/c1-14-20-16(11-26-14)10-24-8-5-15-6-9-25-19(15)12-22(13-19)18(23)17-4-3-7-21(17)2/h3-4,7,11,15H,5-6,8-10,12-13H2,1-2H3/t15-/m1/s1. The predicted molar refractivity (Wildman–Crippen MR) is 99.2 cm³/mol. The topological polar surface area (TPSA) is 56.6 Å². The van der Waals surface area contributed by atoms with E-state index in [2.05, 4.69) is 10.4 Å². The Bertz CT molecular complexity index is 779. The maximum Gasteiger partial charge on any atom is 0.270 e. The summed E-state index contributed by atoms with van der Waals surface area (Å²) in [6, 6.07) is 3.77. The molecule has 0 saturated carbocycles. The molecule has 2 aromatic rings. The van der Waals surface area contributed by atoms with Crippen molar-refractivity contribution in [1.82, 2.24) is 14.5 Å². The number of carbonyl (C=O) groups is 1. The second-order valence-electron chi connectivity index (χ2n) is 7.26. The van der Waals surface area contributed by atoms with Gasteiger partial charge in [0.1, 0.15) is 11.3 Å². The van der Waals surface area contributed by atoms with E-state index in [1.165, 1.54) is 0 Å². The Balaban J connectivity index is 1.26. The molecule has 2 aromatic heterocycles. The van der Waals surface area contributed by atoms with Crippen molar-refractivity contribution in [1.29, 1.82) is 0 Å². The first-order valence-electron chi connectivity index (χ1n) is 9.11. The van der Waals surface area contributed by atoms with Gasteiger partial charge in [-0.15, -0.1) is 11.3 Å². The first-order chi connectivity index (χ1) is 12.6. The lowest BCUT2D eigenvalue weighted by atomic mass is 9.79. The fraction of sp³-hybridized carbons (Fsp3) is 0.579. The maximum absolute atomic E-state index is 12.6. The summed E-state index contributed by atoms with van der Waals surface area (Å²) < 4.78 is 13.7. The summed E-state index contributed by atoms with van der Waals surface area (Å²) in [5.41, 5.74) is 1.57. The van der Waals surface area contributed by atoms with Gasteiger partial charge in [0.15, 0.2) is 0 Å². The van der Waals surface area contributed by atoms with Crippen LogP contribution in [0.3, 0.4) is 0 Å². The summed E-state index contributed by atoms with van der Waals surface area (Å²) in [5.74, 6) is 0.546. The van der Waals surface area contributed by atoms with Crippen LogP contribution >= 0.6 is 11.3 Å². The molecule has 2 saturated heterocycles. The van der Waals surface area contributed by atoms with Gasteiger partial charge in [0.25, 0.3) is 5.91 Å². The van der Waals surface area contributed by atoms with Crippen LogP contribution in [0.4, 0.5) is 0 Å². The molecule has 0 radical (unpaired) electrons. The molecule has 0 N–H and O–H groups in total. The molecule has 4 rings (SSSR count). The van der Waals surface area contributed by atoms with Gasteiger partial charge in [0, 0.05) is 31.8 Å². The highest BCUT2D eigenvalue weighted by molar-refractivity contribution is 7.09. The SMILES string of the molecule is Cc1nc(COCC[C@@H]2CCOC23CN(C(=O)c2cccn2C)C3)cs1. The smallest absolute Gasteiger partial charge is 0.270 e. The zero-order chi connectivity index (χ0) is 18.1. The molecule has 1 spiro atoms. The van der Waals surface area contributed by atoms with Crippen molar-refractivity contribution in [2.75, 3.05) is 26.3 Å². The van der Waals surface area contributed by atoms with Gasteiger partial charge in [0.05, 0.1) is 30.4 Å². The summed E-state index contributed by atoms with van der Waals surface area (Å²) >= 11 is 1.65. The highest BCUT2D eigenvalue weighted by atomic mass is 32.1. The zero-order valence-electron chi connectivity index (χ0n) is 15.3. The van der Waals surface area contributed by atoms with E-state index in [4.69, 9.17) is 9.47 Å². The number of rotatable bonds is 6. The van der Waals surface area contributed by atoms with Crippen LogP contribution in [0.5, 0.6) is 0 Å². The zero-order valence-corrected chi connectivity index (χ0v) is 16.1. The van der Waals surface area contributed by atoms with Crippen molar-refractivity contribution in [3.8, 4) is 0 Å². The number of carbonyl (C=O) groups excluding carboxylic acids is 1. The summed E-state index contributed by atoms with van der Waals surface area (Å²) in [7, 11) is 1.90. The quantitative estimate of drug-likeness (QED) is 0.729. The summed E-state index contributed by atoms with van der Waals surface area (Å²) in [5, 5.41) is 3.12. The molecule has 4 heterocycles. The Morgan fingerprint density at radius 3 is 3.04 bits per heavy atom. The first-order valence-corrected chi connectivity index (χ1v) is 9.99. The molecule has 0 bridgehead atoms. The van der Waals surface area contributed by atoms with Crippen molar-refractivity contribution in [3.63, 3.8) is 0 Å². The molecule has 6 nitrogen and oxygen atoms in total. The van der Waals surface area contributed by atoms with Gasteiger partial charge in [0.2, 0.25) is 0 Å². The number of hydrogen-bond donors (Lipinski definition) is 0. The molecule has 2 aliphatic rings. The number of nitrogens with zero attached hydrogens (tertiary/aromatic N) is 3. The van der Waals surface area contributed by atoms with E-state index in [-0.39, 0.29) is 11.5 Å². The van der Waals surface area contributed by atoms with Crippen molar-refractivity contribution < 1.29 is 14.3 Å². The molecule has 140 valence electrons. The van der Waals surface area contributed by atoms with Crippen LogP contribution in [0.1, 0.15) is 34.0 Å². The Kier molecular flexibility index (Phi) is 4.86. The van der Waals surface area contributed by atoms with E-state index in [0.717, 1.165) is 35.8 Å². The fourth-order valence-corrected chi connectivity index (χ4v) is 4.61. The third-order valence-corrected chi connectivity index (χ3v) is 6.32. The number of thiazole rings is 1. The maximum atomic E-state index is 12.6. The van der Waals surface area contributed by atoms with Gasteiger partial charge in [-0.05, 0) is 37.8 Å². The first kappa shape index (κ1) is 17.7. The normalized spacial score (nSPS) is 21.3. The van der Waals surface area contributed by atoms with Crippen LogP contribution in [-0.2, 0) is 23.1 Å². The Hall–Kier alpha value is -1.70. The molecular formula is C19H25N3O3S. The van der Waals surface area contributed by atoms with E-state index in [1.807, 2.05) is 41.8 Å². The van der Waals surface area contributed by atoms with Gasteiger partial charge in [-0.3, -0.25) is 4.79 Å². The summed E-state index contributed by atoms with van der Waals surface area (Å²) in [4.78, 5) is 18.9. The van der Waals surface area contributed by atoms with Crippen LogP contribution in [0, 0.1) is 12.8 Å². The van der Waals surface area contributed by atoms with E-state index >= 15 is 0 Å². The van der Waals surface area contributed by atoms with Crippen LogP contribution in [0.25, 0.3) is 0 Å².